The van der Waals surface area contributed by atoms with Crippen molar-refractivity contribution in [2.24, 2.45) is 0 Å². The summed E-state index contributed by atoms with van der Waals surface area (Å²) in [5.41, 5.74) is 3.33. The third-order valence-corrected chi connectivity index (χ3v) is 4.48. The van der Waals surface area contributed by atoms with Crippen molar-refractivity contribution in [1.29, 1.82) is 0 Å². The Kier molecular flexibility index (Phi) is 4.01. The normalized spacial score (nSPS) is 15.0. The van der Waals surface area contributed by atoms with Crippen LogP contribution in [0, 0.1) is 0 Å². The second-order valence-corrected chi connectivity index (χ2v) is 6.26. The Labute approximate surface area is 140 Å². The van der Waals surface area contributed by atoms with Crippen molar-refractivity contribution in [2.45, 2.75) is 19.4 Å². The summed E-state index contributed by atoms with van der Waals surface area (Å²) in [6.45, 7) is 3.26. The van der Waals surface area contributed by atoms with E-state index in [2.05, 4.69) is 26.5 Å². The number of aromatic amines is 1. The molecule has 2 aromatic carbocycles. The van der Waals surface area contributed by atoms with Gasteiger partial charge < -0.3 is 5.32 Å². The lowest BCUT2D eigenvalue weighted by Gasteiger charge is -2.15. The first-order chi connectivity index (χ1) is 11.8. The van der Waals surface area contributed by atoms with Gasteiger partial charge in [0.15, 0.2) is 5.69 Å². The van der Waals surface area contributed by atoms with Crippen molar-refractivity contribution in [2.75, 3.05) is 18.4 Å². The van der Waals surface area contributed by atoms with E-state index in [4.69, 9.17) is 0 Å². The molecule has 1 fully saturated rings. The summed E-state index contributed by atoms with van der Waals surface area (Å²) < 4.78 is 0. The van der Waals surface area contributed by atoms with Crippen LogP contribution in [0.3, 0.4) is 0 Å². The van der Waals surface area contributed by atoms with Gasteiger partial charge in [-0.2, -0.15) is 5.10 Å². The Balaban J connectivity index is 1.51. The Morgan fingerprint density at radius 3 is 2.83 bits per heavy atom. The highest BCUT2D eigenvalue weighted by Crippen LogP contribution is 2.19. The van der Waals surface area contributed by atoms with Crippen LogP contribution in [-0.4, -0.2) is 34.1 Å². The molecule has 0 spiro atoms. The zero-order chi connectivity index (χ0) is 16.4. The van der Waals surface area contributed by atoms with Crippen LogP contribution < -0.4 is 5.32 Å². The molecule has 4 rings (SSSR count). The second kappa shape index (κ2) is 6.45. The number of hydrogen-bond donors (Lipinski definition) is 2. The molecule has 1 aliphatic rings. The molecule has 5 nitrogen and oxygen atoms in total. The minimum atomic E-state index is -0.189. The van der Waals surface area contributed by atoms with E-state index in [1.54, 1.807) is 0 Å². The molecule has 0 aliphatic carbocycles. The molecule has 24 heavy (non-hydrogen) atoms. The van der Waals surface area contributed by atoms with Crippen LogP contribution in [0.5, 0.6) is 0 Å². The molecule has 2 N–H and O–H groups in total. The SMILES string of the molecule is O=C(Nc1cccc(CN2CCCC2)c1)c1n[nH]c2ccccc12. The molecule has 1 saturated heterocycles. The number of para-hydroxylation sites is 1. The number of aromatic nitrogens is 2. The summed E-state index contributed by atoms with van der Waals surface area (Å²) >= 11 is 0. The highest BCUT2D eigenvalue weighted by atomic mass is 16.1. The summed E-state index contributed by atoms with van der Waals surface area (Å²) in [6.07, 6.45) is 2.56. The first kappa shape index (κ1) is 14.9. The molecule has 0 radical (unpaired) electrons. The number of amides is 1. The molecular weight excluding hydrogens is 300 g/mol. The predicted octanol–water partition coefficient (Wildman–Crippen LogP) is 3.41. The molecule has 0 bridgehead atoms. The van der Waals surface area contributed by atoms with Gasteiger partial charge in [0.25, 0.3) is 5.91 Å². The number of nitrogens with zero attached hydrogens (tertiary/aromatic N) is 2. The van der Waals surface area contributed by atoms with E-state index < -0.39 is 0 Å². The van der Waals surface area contributed by atoms with Crippen LogP contribution in [0.4, 0.5) is 5.69 Å². The quantitative estimate of drug-likeness (QED) is 0.774. The van der Waals surface area contributed by atoms with Gasteiger partial charge in [0, 0.05) is 17.6 Å². The Bertz CT molecular complexity index is 864. The molecule has 0 saturated carbocycles. The van der Waals surface area contributed by atoms with Gasteiger partial charge in [-0.3, -0.25) is 14.8 Å². The molecule has 1 aromatic heterocycles. The average Bonchev–Trinajstić information content (AvgIpc) is 3.24. The first-order valence-electron chi connectivity index (χ1n) is 8.35. The van der Waals surface area contributed by atoms with Gasteiger partial charge in [-0.25, -0.2) is 0 Å². The number of anilines is 1. The minimum Gasteiger partial charge on any atom is -0.321 e. The van der Waals surface area contributed by atoms with Gasteiger partial charge in [-0.15, -0.1) is 0 Å². The number of benzene rings is 2. The summed E-state index contributed by atoms with van der Waals surface area (Å²) in [7, 11) is 0. The van der Waals surface area contributed by atoms with Crippen LogP contribution in [-0.2, 0) is 6.54 Å². The molecule has 1 amide bonds. The van der Waals surface area contributed by atoms with E-state index >= 15 is 0 Å². The van der Waals surface area contributed by atoms with E-state index in [-0.39, 0.29) is 5.91 Å². The minimum absolute atomic E-state index is 0.189. The Hall–Kier alpha value is -2.66. The van der Waals surface area contributed by atoms with Gasteiger partial charge in [0.1, 0.15) is 0 Å². The molecule has 122 valence electrons. The number of H-pyrrole nitrogens is 1. The fourth-order valence-electron chi connectivity index (χ4n) is 3.27. The average molecular weight is 320 g/mol. The van der Waals surface area contributed by atoms with Crippen LogP contribution >= 0.6 is 0 Å². The lowest BCUT2D eigenvalue weighted by atomic mass is 10.1. The second-order valence-electron chi connectivity index (χ2n) is 6.26. The largest absolute Gasteiger partial charge is 0.321 e. The first-order valence-corrected chi connectivity index (χ1v) is 8.35. The molecule has 0 unspecified atom stereocenters. The molecule has 5 heteroatoms. The van der Waals surface area contributed by atoms with Gasteiger partial charge >= 0.3 is 0 Å². The van der Waals surface area contributed by atoms with Crippen LogP contribution in [0.25, 0.3) is 10.9 Å². The van der Waals surface area contributed by atoms with Crippen LogP contribution in [0.2, 0.25) is 0 Å². The number of carbonyl (C=O) groups is 1. The fraction of sp³-hybridized carbons (Fsp3) is 0.263. The van der Waals surface area contributed by atoms with Crippen LogP contribution in [0.15, 0.2) is 48.5 Å². The number of rotatable bonds is 4. The predicted molar refractivity (Wildman–Crippen MR) is 95.0 cm³/mol. The maximum Gasteiger partial charge on any atom is 0.276 e. The van der Waals surface area contributed by atoms with Gasteiger partial charge in [0.05, 0.1) is 5.52 Å². The van der Waals surface area contributed by atoms with E-state index in [1.807, 2.05) is 42.5 Å². The Morgan fingerprint density at radius 1 is 1.12 bits per heavy atom. The van der Waals surface area contributed by atoms with E-state index in [0.717, 1.165) is 36.2 Å². The molecule has 3 aromatic rings. The van der Waals surface area contributed by atoms with Crippen molar-refractivity contribution in [3.8, 4) is 0 Å². The summed E-state index contributed by atoms with van der Waals surface area (Å²) in [5, 5.41) is 10.8. The number of fused-ring (bicyclic) bond motifs is 1. The monoisotopic (exact) mass is 320 g/mol. The molecular formula is C19H20N4O. The van der Waals surface area contributed by atoms with Crippen LogP contribution in [0.1, 0.15) is 28.9 Å². The van der Waals surface area contributed by atoms with Crippen molar-refractivity contribution in [3.63, 3.8) is 0 Å². The molecule has 1 aliphatic heterocycles. The highest BCUT2D eigenvalue weighted by molar-refractivity contribution is 6.11. The topological polar surface area (TPSA) is 61.0 Å². The van der Waals surface area contributed by atoms with E-state index in [1.165, 1.54) is 18.4 Å². The summed E-state index contributed by atoms with van der Waals surface area (Å²) in [6, 6.07) is 15.7. The maximum absolute atomic E-state index is 12.5. The standard InChI is InChI=1S/C19H20N4O/c24-19(18-16-8-1-2-9-17(16)21-22-18)20-15-7-5-6-14(12-15)13-23-10-3-4-11-23/h1-2,5-9,12H,3-4,10-11,13H2,(H,20,24)(H,21,22). The third-order valence-electron chi connectivity index (χ3n) is 4.48. The lowest BCUT2D eigenvalue weighted by Crippen LogP contribution is -2.18. The number of carbonyl (C=O) groups excluding carboxylic acids is 1. The van der Waals surface area contributed by atoms with Crippen molar-refractivity contribution in [3.05, 3.63) is 59.8 Å². The van der Waals surface area contributed by atoms with E-state index in [9.17, 15) is 4.79 Å². The van der Waals surface area contributed by atoms with Crippen molar-refractivity contribution in [1.82, 2.24) is 15.1 Å². The maximum atomic E-state index is 12.5. The summed E-state index contributed by atoms with van der Waals surface area (Å²) in [5.74, 6) is -0.189. The fourth-order valence-corrected chi connectivity index (χ4v) is 3.27. The van der Waals surface area contributed by atoms with Gasteiger partial charge in [-0.05, 0) is 49.7 Å². The summed E-state index contributed by atoms with van der Waals surface area (Å²) in [4.78, 5) is 15.0. The third kappa shape index (κ3) is 3.03. The number of hydrogen-bond acceptors (Lipinski definition) is 3. The molecule has 2 heterocycles. The highest BCUT2D eigenvalue weighted by Gasteiger charge is 2.15. The number of likely N-dealkylation sites (tertiary alicyclic amines) is 1. The zero-order valence-corrected chi connectivity index (χ0v) is 13.5. The van der Waals surface area contributed by atoms with E-state index in [0.29, 0.717) is 5.69 Å². The van der Waals surface area contributed by atoms with Gasteiger partial charge in [0.2, 0.25) is 0 Å². The molecule has 0 atom stereocenters. The Morgan fingerprint density at radius 2 is 1.96 bits per heavy atom. The lowest BCUT2D eigenvalue weighted by molar-refractivity contribution is 0.102. The van der Waals surface area contributed by atoms with Gasteiger partial charge in [-0.1, -0.05) is 30.3 Å². The zero-order valence-electron chi connectivity index (χ0n) is 13.5. The van der Waals surface area contributed by atoms with Crippen molar-refractivity contribution >= 4 is 22.5 Å². The number of nitrogens with one attached hydrogen (secondary N) is 2. The van der Waals surface area contributed by atoms with Crippen molar-refractivity contribution < 1.29 is 4.79 Å². The smallest absolute Gasteiger partial charge is 0.276 e.